The van der Waals surface area contributed by atoms with E-state index >= 15 is 0 Å². The molecular formula is C19H28. The highest BCUT2D eigenvalue weighted by Crippen LogP contribution is 2.64. The molecule has 0 heteroatoms. The van der Waals surface area contributed by atoms with E-state index < -0.39 is 0 Å². The minimum Gasteiger partial charge on any atom is -0.0882 e. The summed E-state index contributed by atoms with van der Waals surface area (Å²) in [7, 11) is 0. The second-order valence-electron chi connectivity index (χ2n) is 8.22. The largest absolute Gasteiger partial charge is 0.0882 e. The van der Waals surface area contributed by atoms with Crippen molar-refractivity contribution in [2.75, 3.05) is 0 Å². The molecule has 0 radical (unpaired) electrons. The minimum atomic E-state index is 0.550. The van der Waals surface area contributed by atoms with Crippen LogP contribution in [-0.2, 0) is 0 Å². The average molecular weight is 256 g/mol. The lowest BCUT2D eigenvalue weighted by molar-refractivity contribution is -0.0735. The van der Waals surface area contributed by atoms with E-state index in [1.807, 2.05) is 0 Å². The first-order valence-electron chi connectivity index (χ1n) is 8.48. The summed E-state index contributed by atoms with van der Waals surface area (Å²) in [6.07, 6.45) is 20.1. The quantitative estimate of drug-likeness (QED) is 0.512. The molecule has 4 aliphatic rings. The molecule has 104 valence electrons. The van der Waals surface area contributed by atoms with Crippen LogP contribution in [0.25, 0.3) is 0 Å². The Bertz CT molecular complexity index is 431. The van der Waals surface area contributed by atoms with Crippen LogP contribution >= 0.6 is 0 Å². The standard InChI is InChI=1S/C19H28/c1-18-11-5-7-16(18)15-9-8-14-6-3-4-12-19(14,2)17(15)10-13-18/h3,5-6,11,14-17H,4,7-10,12-13H2,1-2H3/t14?,15-,16-,17-,18-,19-/m0/s1. The number of rotatable bonds is 0. The van der Waals surface area contributed by atoms with Gasteiger partial charge in [-0.05, 0) is 79.4 Å². The van der Waals surface area contributed by atoms with Gasteiger partial charge < -0.3 is 0 Å². The summed E-state index contributed by atoms with van der Waals surface area (Å²) in [5.41, 5.74) is 1.18. The fourth-order valence-corrected chi connectivity index (χ4v) is 6.31. The van der Waals surface area contributed by atoms with E-state index in [1.54, 1.807) is 0 Å². The van der Waals surface area contributed by atoms with Gasteiger partial charge in [0, 0.05) is 0 Å². The Balaban J connectivity index is 1.67. The molecule has 19 heavy (non-hydrogen) atoms. The molecule has 0 heterocycles. The van der Waals surface area contributed by atoms with Crippen molar-refractivity contribution < 1.29 is 0 Å². The first-order valence-corrected chi connectivity index (χ1v) is 8.48. The maximum absolute atomic E-state index is 2.63. The average Bonchev–Trinajstić information content (AvgIpc) is 2.79. The fraction of sp³-hybridized carbons (Fsp3) is 0.789. The molecule has 0 bridgehead atoms. The van der Waals surface area contributed by atoms with Crippen molar-refractivity contribution in [3.05, 3.63) is 24.3 Å². The highest BCUT2D eigenvalue weighted by Gasteiger charge is 2.55. The molecule has 2 saturated carbocycles. The van der Waals surface area contributed by atoms with Crippen LogP contribution in [-0.4, -0.2) is 0 Å². The fourth-order valence-electron chi connectivity index (χ4n) is 6.31. The van der Waals surface area contributed by atoms with E-state index in [-0.39, 0.29) is 0 Å². The van der Waals surface area contributed by atoms with E-state index in [1.165, 1.54) is 44.9 Å². The molecular weight excluding hydrogens is 228 g/mol. The van der Waals surface area contributed by atoms with Gasteiger partial charge in [-0.3, -0.25) is 0 Å². The second kappa shape index (κ2) is 3.99. The lowest BCUT2D eigenvalue weighted by atomic mass is 9.46. The molecule has 0 spiro atoms. The van der Waals surface area contributed by atoms with Crippen molar-refractivity contribution in [2.45, 2.75) is 58.8 Å². The lowest BCUT2D eigenvalue weighted by Crippen LogP contribution is -2.51. The summed E-state index contributed by atoms with van der Waals surface area (Å²) >= 11 is 0. The topological polar surface area (TPSA) is 0 Å². The molecule has 6 atom stereocenters. The lowest BCUT2D eigenvalue weighted by Gasteiger charge is -2.58. The summed E-state index contributed by atoms with van der Waals surface area (Å²) in [5, 5.41) is 0. The van der Waals surface area contributed by atoms with Crippen LogP contribution in [0.3, 0.4) is 0 Å². The van der Waals surface area contributed by atoms with Crippen LogP contribution in [0.1, 0.15) is 58.8 Å². The molecule has 0 aromatic rings. The van der Waals surface area contributed by atoms with Gasteiger partial charge in [0.15, 0.2) is 0 Å². The third-order valence-electron chi connectivity index (χ3n) is 7.49. The van der Waals surface area contributed by atoms with E-state index in [0.29, 0.717) is 10.8 Å². The van der Waals surface area contributed by atoms with Crippen molar-refractivity contribution >= 4 is 0 Å². The van der Waals surface area contributed by atoms with Gasteiger partial charge in [-0.2, -0.15) is 0 Å². The highest BCUT2D eigenvalue weighted by atomic mass is 14.6. The third kappa shape index (κ3) is 1.58. The van der Waals surface area contributed by atoms with Gasteiger partial charge in [-0.25, -0.2) is 0 Å². The Kier molecular flexibility index (Phi) is 2.57. The van der Waals surface area contributed by atoms with Crippen LogP contribution < -0.4 is 0 Å². The van der Waals surface area contributed by atoms with Crippen molar-refractivity contribution in [1.29, 1.82) is 0 Å². The molecule has 0 aromatic carbocycles. The number of hydrogen-bond donors (Lipinski definition) is 0. The molecule has 2 fully saturated rings. The maximum Gasteiger partial charge on any atom is -0.0112 e. The summed E-state index contributed by atoms with van der Waals surface area (Å²) < 4.78 is 0. The van der Waals surface area contributed by atoms with Gasteiger partial charge in [-0.1, -0.05) is 38.2 Å². The molecule has 0 aromatic heterocycles. The van der Waals surface area contributed by atoms with Crippen molar-refractivity contribution in [1.82, 2.24) is 0 Å². The molecule has 0 N–H and O–H groups in total. The molecule has 1 unspecified atom stereocenters. The van der Waals surface area contributed by atoms with Gasteiger partial charge in [0.05, 0.1) is 0 Å². The second-order valence-corrected chi connectivity index (χ2v) is 8.22. The van der Waals surface area contributed by atoms with Gasteiger partial charge in [0.25, 0.3) is 0 Å². The van der Waals surface area contributed by atoms with Crippen LogP contribution in [0.2, 0.25) is 0 Å². The Labute approximate surface area is 118 Å². The molecule has 4 aliphatic carbocycles. The summed E-state index contributed by atoms with van der Waals surface area (Å²) in [6, 6.07) is 0. The number of fused-ring (bicyclic) bond motifs is 5. The van der Waals surface area contributed by atoms with E-state index in [2.05, 4.69) is 38.2 Å². The Morgan fingerprint density at radius 3 is 2.74 bits per heavy atom. The van der Waals surface area contributed by atoms with Gasteiger partial charge in [0.2, 0.25) is 0 Å². The summed E-state index contributed by atoms with van der Waals surface area (Å²) in [6.45, 7) is 5.16. The monoisotopic (exact) mass is 256 g/mol. The van der Waals surface area contributed by atoms with Crippen molar-refractivity contribution in [2.24, 2.45) is 34.5 Å². The van der Waals surface area contributed by atoms with Crippen LogP contribution in [0, 0.1) is 34.5 Å². The smallest absolute Gasteiger partial charge is 0.0112 e. The van der Waals surface area contributed by atoms with Crippen LogP contribution in [0.5, 0.6) is 0 Å². The molecule has 0 aliphatic heterocycles. The zero-order valence-corrected chi connectivity index (χ0v) is 12.6. The van der Waals surface area contributed by atoms with Crippen molar-refractivity contribution in [3.8, 4) is 0 Å². The van der Waals surface area contributed by atoms with Gasteiger partial charge in [0.1, 0.15) is 0 Å². The predicted octanol–water partition coefficient (Wildman–Crippen LogP) is 5.36. The SMILES string of the molecule is C[C@@]12C=CC[C@H]1[C@@H]1CCC3C=CCC[C@]3(C)[C@H]1CC2. The summed E-state index contributed by atoms with van der Waals surface area (Å²) in [4.78, 5) is 0. The zero-order valence-electron chi connectivity index (χ0n) is 12.6. The highest BCUT2D eigenvalue weighted by molar-refractivity contribution is 5.17. The number of allylic oxidation sites excluding steroid dienone is 4. The first kappa shape index (κ1) is 12.2. The van der Waals surface area contributed by atoms with Crippen LogP contribution in [0.4, 0.5) is 0 Å². The Hall–Kier alpha value is -0.520. The first-order chi connectivity index (χ1) is 9.13. The summed E-state index contributed by atoms with van der Waals surface area (Å²) in [5.74, 6) is 3.88. The van der Waals surface area contributed by atoms with Crippen molar-refractivity contribution in [3.63, 3.8) is 0 Å². The molecule has 4 rings (SSSR count). The third-order valence-corrected chi connectivity index (χ3v) is 7.49. The van der Waals surface area contributed by atoms with Gasteiger partial charge >= 0.3 is 0 Å². The van der Waals surface area contributed by atoms with E-state index in [9.17, 15) is 0 Å². The van der Waals surface area contributed by atoms with Gasteiger partial charge in [-0.15, -0.1) is 0 Å². The normalized spacial score (nSPS) is 55.5. The number of hydrogen-bond acceptors (Lipinski definition) is 0. The molecule has 0 amide bonds. The maximum atomic E-state index is 2.63. The van der Waals surface area contributed by atoms with Crippen LogP contribution in [0.15, 0.2) is 24.3 Å². The van der Waals surface area contributed by atoms with E-state index in [0.717, 1.165) is 23.7 Å². The Morgan fingerprint density at radius 2 is 1.84 bits per heavy atom. The molecule has 0 saturated heterocycles. The Morgan fingerprint density at radius 1 is 0.947 bits per heavy atom. The minimum absolute atomic E-state index is 0.550. The zero-order chi connectivity index (χ0) is 13.1. The predicted molar refractivity (Wildman–Crippen MR) is 80.8 cm³/mol. The van der Waals surface area contributed by atoms with E-state index in [4.69, 9.17) is 0 Å². The molecule has 0 nitrogen and oxygen atoms in total.